The predicted molar refractivity (Wildman–Crippen MR) is 227 cm³/mol. The third-order valence-corrected chi connectivity index (χ3v) is 11.0. The van der Waals surface area contributed by atoms with Crippen molar-refractivity contribution in [3.05, 3.63) is 188 Å². The minimum atomic E-state index is 0.646. The van der Waals surface area contributed by atoms with Crippen molar-refractivity contribution in [1.29, 1.82) is 5.26 Å². The fourth-order valence-corrected chi connectivity index (χ4v) is 8.44. The zero-order valence-corrected chi connectivity index (χ0v) is 29.6. The van der Waals surface area contributed by atoms with Crippen LogP contribution >= 0.6 is 0 Å². The Morgan fingerprint density at radius 1 is 0.418 bits per heavy atom. The minimum Gasteiger partial charge on any atom is -0.309 e. The highest BCUT2D eigenvalue weighted by molar-refractivity contribution is 6.27. The summed E-state index contributed by atoms with van der Waals surface area (Å²) in [7, 11) is 0. The van der Waals surface area contributed by atoms with Gasteiger partial charge in [0.05, 0.1) is 34.1 Å². The number of aromatic nitrogens is 3. The lowest BCUT2D eigenvalue weighted by atomic mass is 9.88. The van der Waals surface area contributed by atoms with Gasteiger partial charge in [0.2, 0.25) is 0 Å². The first-order valence-corrected chi connectivity index (χ1v) is 18.5. The summed E-state index contributed by atoms with van der Waals surface area (Å²) < 4.78 is 2.28. The zero-order chi connectivity index (χ0) is 36.5. The Morgan fingerprint density at radius 2 is 0.927 bits per heavy atom. The molecule has 55 heavy (non-hydrogen) atoms. The quantitative estimate of drug-likeness (QED) is 0.168. The average molecular weight is 699 g/mol. The summed E-state index contributed by atoms with van der Waals surface area (Å²) in [5.74, 6) is 0.706. The minimum absolute atomic E-state index is 0.646. The van der Waals surface area contributed by atoms with Crippen LogP contribution in [0.3, 0.4) is 0 Å². The molecule has 0 aliphatic rings. The van der Waals surface area contributed by atoms with Gasteiger partial charge in [-0.2, -0.15) is 5.26 Å². The molecule has 0 bridgehead atoms. The number of benzene rings is 9. The number of hydrogen-bond donors (Lipinski definition) is 0. The Balaban J connectivity index is 1.14. The molecule has 4 heteroatoms. The summed E-state index contributed by atoms with van der Waals surface area (Å²) in [6, 6.07) is 66.2. The fourth-order valence-electron chi connectivity index (χ4n) is 8.44. The number of fused-ring (bicyclic) bond motifs is 3. The molecule has 0 aliphatic heterocycles. The lowest BCUT2D eigenvalue weighted by Crippen LogP contribution is -1.97. The summed E-state index contributed by atoms with van der Waals surface area (Å²) in [5.41, 5.74) is 11.0. The molecule has 2 heterocycles. The number of nitrogens with zero attached hydrogens (tertiary/aromatic N) is 4. The summed E-state index contributed by atoms with van der Waals surface area (Å²) in [6.07, 6.45) is 0. The van der Waals surface area contributed by atoms with Gasteiger partial charge in [0.25, 0.3) is 0 Å². The van der Waals surface area contributed by atoms with Crippen molar-refractivity contribution in [3.8, 4) is 56.8 Å². The Morgan fingerprint density at radius 3 is 1.55 bits per heavy atom. The topological polar surface area (TPSA) is 54.5 Å². The van der Waals surface area contributed by atoms with Gasteiger partial charge in [0.1, 0.15) is 0 Å². The molecule has 254 valence electrons. The molecule has 9 aromatic carbocycles. The standard InChI is InChI=1S/C51H30N4/c52-31-32-16-22-40-41-24-21-37(29-48(41)55(47(40)28-32)38-14-8-3-9-15-38)39-23-17-35-19-26-43-44(27-20-36-18-25-42(39)49(35)50(36)43)51-53-45(33-10-4-1-5-11-33)30-46(54-51)34-12-6-2-7-13-34/h1-30H. The highest BCUT2D eigenvalue weighted by Crippen LogP contribution is 2.43. The van der Waals surface area contributed by atoms with Crippen LogP contribution in [0.5, 0.6) is 0 Å². The molecular weight excluding hydrogens is 669 g/mol. The molecule has 0 spiro atoms. The largest absolute Gasteiger partial charge is 0.309 e. The molecular formula is C51H30N4. The van der Waals surface area contributed by atoms with Crippen LogP contribution in [-0.2, 0) is 0 Å². The van der Waals surface area contributed by atoms with Gasteiger partial charge in [-0.15, -0.1) is 0 Å². The molecule has 0 fully saturated rings. The van der Waals surface area contributed by atoms with Crippen LogP contribution in [0.25, 0.3) is 105 Å². The van der Waals surface area contributed by atoms with E-state index in [1.54, 1.807) is 0 Å². The Labute approximate surface area is 317 Å². The lowest BCUT2D eigenvalue weighted by Gasteiger charge is -2.17. The van der Waals surface area contributed by atoms with E-state index in [0.717, 1.165) is 66.5 Å². The van der Waals surface area contributed by atoms with Gasteiger partial charge in [-0.25, -0.2) is 9.97 Å². The first-order chi connectivity index (χ1) is 27.2. The molecule has 0 aliphatic carbocycles. The number of para-hydroxylation sites is 1. The van der Waals surface area contributed by atoms with E-state index in [4.69, 9.17) is 9.97 Å². The monoisotopic (exact) mass is 698 g/mol. The maximum absolute atomic E-state index is 9.78. The van der Waals surface area contributed by atoms with Crippen molar-refractivity contribution in [2.45, 2.75) is 0 Å². The fraction of sp³-hybridized carbons (Fsp3) is 0. The Kier molecular flexibility index (Phi) is 6.89. The molecule has 0 atom stereocenters. The molecule has 0 radical (unpaired) electrons. The second-order valence-electron chi connectivity index (χ2n) is 14.1. The van der Waals surface area contributed by atoms with Gasteiger partial charge >= 0.3 is 0 Å². The molecule has 0 amide bonds. The summed E-state index contributed by atoms with van der Waals surface area (Å²) >= 11 is 0. The summed E-state index contributed by atoms with van der Waals surface area (Å²) in [6.45, 7) is 0. The Hall–Kier alpha value is -7.61. The maximum Gasteiger partial charge on any atom is 0.161 e. The molecule has 2 aromatic heterocycles. The van der Waals surface area contributed by atoms with E-state index in [2.05, 4.69) is 162 Å². The molecule has 11 aromatic rings. The van der Waals surface area contributed by atoms with Gasteiger partial charge < -0.3 is 4.57 Å². The van der Waals surface area contributed by atoms with Crippen LogP contribution in [-0.4, -0.2) is 14.5 Å². The van der Waals surface area contributed by atoms with Crippen molar-refractivity contribution in [2.24, 2.45) is 0 Å². The number of rotatable bonds is 5. The average Bonchev–Trinajstić information content (AvgIpc) is 3.59. The third-order valence-electron chi connectivity index (χ3n) is 11.0. The second-order valence-corrected chi connectivity index (χ2v) is 14.1. The number of hydrogen-bond acceptors (Lipinski definition) is 3. The van der Waals surface area contributed by atoms with Crippen molar-refractivity contribution in [1.82, 2.24) is 14.5 Å². The van der Waals surface area contributed by atoms with E-state index in [0.29, 0.717) is 11.4 Å². The van der Waals surface area contributed by atoms with Crippen molar-refractivity contribution in [3.63, 3.8) is 0 Å². The van der Waals surface area contributed by atoms with Crippen LogP contribution in [0.1, 0.15) is 5.56 Å². The van der Waals surface area contributed by atoms with Crippen LogP contribution in [0.15, 0.2) is 182 Å². The summed E-state index contributed by atoms with van der Waals surface area (Å²) in [4.78, 5) is 10.4. The van der Waals surface area contributed by atoms with Gasteiger partial charge in [-0.1, -0.05) is 140 Å². The van der Waals surface area contributed by atoms with Crippen molar-refractivity contribution in [2.75, 3.05) is 0 Å². The predicted octanol–water partition coefficient (Wildman–Crippen LogP) is 13.0. The molecule has 0 saturated carbocycles. The molecule has 11 rings (SSSR count). The van der Waals surface area contributed by atoms with Crippen LogP contribution in [0, 0.1) is 11.3 Å². The molecule has 4 nitrogen and oxygen atoms in total. The van der Waals surface area contributed by atoms with E-state index in [9.17, 15) is 5.26 Å². The van der Waals surface area contributed by atoms with Gasteiger partial charge in [-0.05, 0) is 85.9 Å². The first kappa shape index (κ1) is 31.0. The van der Waals surface area contributed by atoms with Crippen LogP contribution in [0.4, 0.5) is 0 Å². The normalized spacial score (nSPS) is 11.6. The van der Waals surface area contributed by atoms with Gasteiger partial charge in [0.15, 0.2) is 5.82 Å². The SMILES string of the molecule is N#Cc1ccc2c3ccc(-c4ccc5ccc6c(-c7nc(-c8ccccc8)cc(-c8ccccc8)n7)ccc7ccc4c5c76)cc3n(-c3ccccc3)c2c1. The molecule has 0 saturated heterocycles. The zero-order valence-electron chi connectivity index (χ0n) is 29.6. The van der Waals surface area contributed by atoms with Crippen molar-refractivity contribution >= 4 is 54.1 Å². The number of nitriles is 1. The van der Waals surface area contributed by atoms with Gasteiger partial charge in [0, 0.05) is 33.2 Å². The van der Waals surface area contributed by atoms with E-state index in [-0.39, 0.29) is 0 Å². The van der Waals surface area contributed by atoms with Gasteiger partial charge in [-0.3, -0.25) is 0 Å². The van der Waals surface area contributed by atoms with E-state index >= 15 is 0 Å². The van der Waals surface area contributed by atoms with E-state index in [1.165, 1.54) is 32.5 Å². The highest BCUT2D eigenvalue weighted by Gasteiger charge is 2.19. The van der Waals surface area contributed by atoms with Crippen molar-refractivity contribution < 1.29 is 0 Å². The van der Waals surface area contributed by atoms with Crippen LogP contribution in [0.2, 0.25) is 0 Å². The maximum atomic E-state index is 9.78. The van der Waals surface area contributed by atoms with E-state index < -0.39 is 0 Å². The van der Waals surface area contributed by atoms with E-state index in [1.807, 2.05) is 30.3 Å². The lowest BCUT2D eigenvalue weighted by molar-refractivity contribution is 1.18. The second kappa shape index (κ2) is 12.2. The third kappa shape index (κ3) is 4.91. The highest BCUT2D eigenvalue weighted by atomic mass is 15.0. The summed E-state index contributed by atoms with van der Waals surface area (Å²) in [5, 5.41) is 19.2. The molecule has 0 N–H and O–H groups in total. The smallest absolute Gasteiger partial charge is 0.161 e. The van der Waals surface area contributed by atoms with Crippen LogP contribution < -0.4 is 0 Å². The molecule has 0 unspecified atom stereocenters. The first-order valence-electron chi connectivity index (χ1n) is 18.5. The Bertz CT molecular complexity index is 3250.